The molecule has 0 aliphatic carbocycles. The molecule has 7 heteroatoms. The summed E-state index contributed by atoms with van der Waals surface area (Å²) in [6.45, 7) is 4.48. The van der Waals surface area contributed by atoms with Gasteiger partial charge in [-0.05, 0) is 12.8 Å². The van der Waals surface area contributed by atoms with Gasteiger partial charge in [0, 0.05) is 12.8 Å². The van der Waals surface area contributed by atoms with Gasteiger partial charge < -0.3 is 24.8 Å². The van der Waals surface area contributed by atoms with E-state index in [9.17, 15) is 24.9 Å². The van der Waals surface area contributed by atoms with Crippen LogP contribution in [0, 0.1) is 0 Å². The number of esters is 2. The molecule has 2 unspecified atom stereocenters. The monoisotopic (exact) mass is 600 g/mol. The Morgan fingerprint density at radius 3 is 0.857 bits per heavy atom. The van der Waals surface area contributed by atoms with Gasteiger partial charge in [-0.15, -0.1) is 0 Å². The summed E-state index contributed by atoms with van der Waals surface area (Å²) in [4.78, 5) is 23.9. The van der Waals surface area contributed by atoms with E-state index in [-0.39, 0.29) is 12.8 Å². The number of aliphatic hydroxyl groups is 3. The zero-order chi connectivity index (χ0) is 31.1. The van der Waals surface area contributed by atoms with Crippen molar-refractivity contribution in [3.63, 3.8) is 0 Å². The highest BCUT2D eigenvalue weighted by Crippen LogP contribution is 2.15. The molecule has 0 bridgehead atoms. The molecule has 0 heterocycles. The Morgan fingerprint density at radius 2 is 0.619 bits per heavy atom. The average molecular weight is 601 g/mol. The maximum atomic E-state index is 12.0. The summed E-state index contributed by atoms with van der Waals surface area (Å²) < 4.78 is 9.64. The van der Waals surface area contributed by atoms with Crippen LogP contribution in [0.25, 0.3) is 0 Å². The molecule has 0 saturated heterocycles. The van der Waals surface area contributed by atoms with Gasteiger partial charge >= 0.3 is 11.9 Å². The number of unbranched alkanes of at least 4 members (excludes halogenated alkanes) is 24. The Balaban J connectivity index is 3.67. The van der Waals surface area contributed by atoms with Crippen LogP contribution < -0.4 is 0 Å². The number of hydrogen-bond donors (Lipinski definition) is 3. The van der Waals surface area contributed by atoms with E-state index in [1.165, 1.54) is 116 Å². The quantitative estimate of drug-likeness (QED) is 0.0401. The SMILES string of the molecule is CCCCCCCCCCCCCCCC(=O)OC(O)C(O)C(O)OC(=O)CCCCCCCCCCCCCCC. The molecule has 0 saturated carbocycles. The molecule has 0 fully saturated rings. The van der Waals surface area contributed by atoms with E-state index in [4.69, 9.17) is 9.47 Å². The number of aliphatic hydroxyl groups excluding tert-OH is 3. The van der Waals surface area contributed by atoms with Gasteiger partial charge in [-0.1, -0.05) is 168 Å². The average Bonchev–Trinajstić information content (AvgIpc) is 2.97. The minimum absolute atomic E-state index is 0.135. The van der Waals surface area contributed by atoms with Crippen molar-refractivity contribution < 1.29 is 34.4 Å². The summed E-state index contributed by atoms with van der Waals surface area (Å²) in [5.74, 6) is -1.29. The van der Waals surface area contributed by atoms with Crippen molar-refractivity contribution in [1.29, 1.82) is 0 Å². The van der Waals surface area contributed by atoms with Crippen LogP contribution in [0.4, 0.5) is 0 Å². The van der Waals surface area contributed by atoms with Crippen LogP contribution in [-0.2, 0) is 19.1 Å². The normalized spacial score (nSPS) is 13.5. The summed E-state index contributed by atoms with van der Waals surface area (Å²) in [6, 6.07) is 0. The Labute approximate surface area is 258 Å². The highest BCUT2D eigenvalue weighted by molar-refractivity contribution is 5.70. The van der Waals surface area contributed by atoms with E-state index < -0.39 is 30.6 Å². The number of carbonyl (C=O) groups excluding carboxylic acids is 2. The van der Waals surface area contributed by atoms with E-state index in [2.05, 4.69) is 13.8 Å². The lowest BCUT2D eigenvalue weighted by molar-refractivity contribution is -0.237. The zero-order valence-electron chi connectivity index (χ0n) is 27.5. The summed E-state index contributed by atoms with van der Waals surface area (Å²) in [6.07, 6.45) is 25.7. The molecule has 2 atom stereocenters. The molecule has 0 aromatic carbocycles. The summed E-state index contributed by atoms with van der Waals surface area (Å²) in [5.41, 5.74) is 0. The third kappa shape index (κ3) is 27.6. The van der Waals surface area contributed by atoms with Crippen molar-refractivity contribution in [2.24, 2.45) is 0 Å². The van der Waals surface area contributed by atoms with Crippen molar-refractivity contribution >= 4 is 11.9 Å². The molecular weight excluding hydrogens is 532 g/mol. The highest BCUT2D eigenvalue weighted by Gasteiger charge is 2.30. The second-order valence-corrected chi connectivity index (χ2v) is 12.2. The van der Waals surface area contributed by atoms with E-state index in [1.54, 1.807) is 0 Å². The maximum Gasteiger partial charge on any atom is 0.308 e. The van der Waals surface area contributed by atoms with Gasteiger partial charge in [-0.2, -0.15) is 0 Å². The molecule has 250 valence electrons. The topological polar surface area (TPSA) is 113 Å². The van der Waals surface area contributed by atoms with Crippen LogP contribution in [0.3, 0.4) is 0 Å². The molecule has 0 rings (SSSR count). The van der Waals surface area contributed by atoms with Gasteiger partial charge in [0.2, 0.25) is 12.6 Å². The van der Waals surface area contributed by atoms with Crippen LogP contribution in [0.15, 0.2) is 0 Å². The summed E-state index contributed by atoms with van der Waals surface area (Å²) in [7, 11) is 0. The molecule has 0 aromatic heterocycles. The number of carbonyl (C=O) groups is 2. The van der Waals surface area contributed by atoms with Gasteiger partial charge in [0.1, 0.15) is 0 Å². The van der Waals surface area contributed by atoms with E-state index >= 15 is 0 Å². The van der Waals surface area contributed by atoms with Gasteiger partial charge in [-0.3, -0.25) is 9.59 Å². The molecule has 0 aromatic rings. The van der Waals surface area contributed by atoms with Crippen LogP contribution in [0.2, 0.25) is 0 Å². The molecule has 0 aliphatic rings. The maximum absolute atomic E-state index is 12.0. The molecule has 3 N–H and O–H groups in total. The molecule has 0 radical (unpaired) electrons. The lowest BCUT2D eigenvalue weighted by Gasteiger charge is -2.22. The first-order chi connectivity index (χ1) is 20.4. The van der Waals surface area contributed by atoms with Crippen LogP contribution in [0.5, 0.6) is 0 Å². The second kappa shape index (κ2) is 31.3. The van der Waals surface area contributed by atoms with Crippen molar-refractivity contribution in [2.45, 2.75) is 212 Å². The fourth-order valence-electron chi connectivity index (χ4n) is 5.24. The number of rotatable bonds is 32. The first kappa shape index (κ1) is 40.8. The number of hydrogen-bond acceptors (Lipinski definition) is 7. The molecule has 42 heavy (non-hydrogen) atoms. The summed E-state index contributed by atoms with van der Waals surface area (Å²) in [5, 5.41) is 29.9. The third-order valence-corrected chi connectivity index (χ3v) is 8.06. The zero-order valence-corrected chi connectivity index (χ0v) is 27.5. The van der Waals surface area contributed by atoms with Gasteiger partial charge in [0.25, 0.3) is 0 Å². The lowest BCUT2D eigenvalue weighted by atomic mass is 10.0. The van der Waals surface area contributed by atoms with E-state index in [0.29, 0.717) is 12.8 Å². The first-order valence-corrected chi connectivity index (χ1v) is 17.9. The molecule has 0 spiro atoms. The molecule has 7 nitrogen and oxygen atoms in total. The predicted octanol–water partition coefficient (Wildman–Crippen LogP) is 9.03. The minimum atomic E-state index is -1.95. The van der Waals surface area contributed by atoms with Crippen molar-refractivity contribution in [2.75, 3.05) is 0 Å². The standard InChI is InChI=1S/C35H68O7/c1-3-5-7-9-11-13-15-17-19-21-23-25-27-29-31(36)41-34(39)33(38)35(40)42-32(37)30-28-26-24-22-20-18-16-14-12-10-8-6-4-2/h33-35,38-40H,3-30H2,1-2H3. The third-order valence-electron chi connectivity index (χ3n) is 8.06. The van der Waals surface area contributed by atoms with E-state index in [0.717, 1.165) is 38.5 Å². The van der Waals surface area contributed by atoms with E-state index in [1.807, 2.05) is 0 Å². The van der Waals surface area contributed by atoms with Gasteiger partial charge in [0.15, 0.2) is 6.10 Å². The molecular formula is C35H68O7. The number of ether oxygens (including phenoxy) is 2. The van der Waals surface area contributed by atoms with Crippen molar-refractivity contribution in [3.8, 4) is 0 Å². The predicted molar refractivity (Wildman–Crippen MR) is 171 cm³/mol. The Kier molecular flexibility index (Phi) is 30.4. The van der Waals surface area contributed by atoms with Crippen LogP contribution >= 0.6 is 0 Å². The smallest absolute Gasteiger partial charge is 0.308 e. The lowest BCUT2D eigenvalue weighted by Crippen LogP contribution is -2.42. The highest BCUT2D eigenvalue weighted by atomic mass is 16.7. The van der Waals surface area contributed by atoms with Gasteiger partial charge in [-0.25, -0.2) is 0 Å². The molecule has 0 amide bonds. The summed E-state index contributed by atoms with van der Waals surface area (Å²) >= 11 is 0. The van der Waals surface area contributed by atoms with Crippen LogP contribution in [-0.4, -0.2) is 45.9 Å². The Bertz CT molecular complexity index is 548. The molecule has 0 aliphatic heterocycles. The fraction of sp³-hybridized carbons (Fsp3) is 0.943. The fourth-order valence-corrected chi connectivity index (χ4v) is 5.24. The minimum Gasteiger partial charge on any atom is -0.433 e. The Hall–Kier alpha value is -1.18. The largest absolute Gasteiger partial charge is 0.433 e. The second-order valence-electron chi connectivity index (χ2n) is 12.2. The van der Waals surface area contributed by atoms with Crippen molar-refractivity contribution in [1.82, 2.24) is 0 Å². The Morgan fingerprint density at radius 1 is 0.405 bits per heavy atom. The van der Waals surface area contributed by atoms with Gasteiger partial charge in [0.05, 0.1) is 0 Å². The van der Waals surface area contributed by atoms with Crippen LogP contribution in [0.1, 0.15) is 194 Å². The first-order valence-electron chi connectivity index (χ1n) is 17.9. The van der Waals surface area contributed by atoms with Crippen molar-refractivity contribution in [3.05, 3.63) is 0 Å².